The van der Waals surface area contributed by atoms with Crippen LogP contribution >= 0.6 is 23.1 Å². The van der Waals surface area contributed by atoms with Crippen LogP contribution in [0.1, 0.15) is 5.56 Å². The molecule has 7 heteroatoms. The van der Waals surface area contributed by atoms with Gasteiger partial charge in [-0.05, 0) is 35.2 Å². The minimum absolute atomic E-state index is 0.108. The smallest absolute Gasteiger partial charge is 0.234 e. The van der Waals surface area contributed by atoms with Gasteiger partial charge in [0, 0.05) is 11.1 Å². The molecule has 0 fully saturated rings. The molecule has 0 spiro atoms. The van der Waals surface area contributed by atoms with Crippen LogP contribution in [0.2, 0.25) is 0 Å². The predicted octanol–water partition coefficient (Wildman–Crippen LogP) is 5.16. The lowest BCUT2D eigenvalue weighted by Crippen LogP contribution is -2.14. The number of thioether (sulfide) groups is 1. The quantitative estimate of drug-likeness (QED) is 0.347. The summed E-state index contributed by atoms with van der Waals surface area (Å²) in [5.74, 6) is 0.809. The molecule has 29 heavy (non-hydrogen) atoms. The number of nitriles is 1. The zero-order valence-electron chi connectivity index (χ0n) is 15.3. The van der Waals surface area contributed by atoms with Crippen molar-refractivity contribution in [1.82, 2.24) is 9.97 Å². The van der Waals surface area contributed by atoms with Crippen molar-refractivity contribution in [3.05, 3.63) is 71.6 Å². The van der Waals surface area contributed by atoms with E-state index in [0.29, 0.717) is 17.9 Å². The number of carbonyl (C=O) groups is 1. The molecule has 2 heterocycles. The van der Waals surface area contributed by atoms with Gasteiger partial charge in [-0.15, -0.1) is 11.3 Å². The number of anilines is 1. The van der Waals surface area contributed by atoms with Crippen LogP contribution in [0.5, 0.6) is 0 Å². The minimum atomic E-state index is -0.108. The van der Waals surface area contributed by atoms with Gasteiger partial charge in [0.05, 0.1) is 28.6 Å². The normalized spacial score (nSPS) is 10.6. The Kier molecular flexibility index (Phi) is 5.84. The first-order chi connectivity index (χ1) is 14.2. The van der Waals surface area contributed by atoms with E-state index in [9.17, 15) is 4.79 Å². The maximum absolute atomic E-state index is 12.4. The number of nitrogens with zero attached hydrogens (tertiary/aromatic N) is 3. The third-order valence-electron chi connectivity index (χ3n) is 4.17. The zero-order chi connectivity index (χ0) is 20.1. The first-order valence-electron chi connectivity index (χ1n) is 8.92. The lowest BCUT2D eigenvalue weighted by atomic mass is 10.1. The van der Waals surface area contributed by atoms with Crippen molar-refractivity contribution in [3.8, 4) is 16.8 Å². The van der Waals surface area contributed by atoms with Crippen molar-refractivity contribution in [1.29, 1.82) is 5.26 Å². The van der Waals surface area contributed by atoms with Crippen molar-refractivity contribution in [3.63, 3.8) is 0 Å². The predicted molar refractivity (Wildman–Crippen MR) is 118 cm³/mol. The van der Waals surface area contributed by atoms with Crippen LogP contribution in [0.3, 0.4) is 0 Å². The molecule has 1 N–H and O–H groups in total. The zero-order valence-corrected chi connectivity index (χ0v) is 17.0. The maximum atomic E-state index is 12.4. The summed E-state index contributed by atoms with van der Waals surface area (Å²) in [6, 6.07) is 21.2. The number of thiophene rings is 1. The van der Waals surface area contributed by atoms with Crippen molar-refractivity contribution in [2.75, 3.05) is 11.1 Å². The van der Waals surface area contributed by atoms with Gasteiger partial charge >= 0.3 is 0 Å². The van der Waals surface area contributed by atoms with Gasteiger partial charge in [-0.3, -0.25) is 4.79 Å². The number of benzene rings is 2. The van der Waals surface area contributed by atoms with E-state index in [1.165, 1.54) is 11.8 Å². The van der Waals surface area contributed by atoms with Crippen LogP contribution in [0.25, 0.3) is 21.6 Å². The molecule has 0 aliphatic carbocycles. The monoisotopic (exact) mass is 416 g/mol. The van der Waals surface area contributed by atoms with E-state index in [1.807, 2.05) is 66.0 Å². The lowest BCUT2D eigenvalue weighted by Gasteiger charge is -2.08. The second kappa shape index (κ2) is 8.86. The van der Waals surface area contributed by atoms with Gasteiger partial charge in [-0.25, -0.2) is 9.97 Å². The minimum Gasteiger partial charge on any atom is -0.325 e. The highest BCUT2D eigenvalue weighted by Gasteiger charge is 2.12. The summed E-state index contributed by atoms with van der Waals surface area (Å²) in [5.41, 5.74) is 2.50. The highest BCUT2D eigenvalue weighted by atomic mass is 32.2. The number of aromatic nitrogens is 2. The number of nitrogens with one attached hydrogen (secondary N) is 1. The Morgan fingerprint density at radius 2 is 1.90 bits per heavy atom. The first kappa shape index (κ1) is 19.1. The van der Waals surface area contributed by atoms with E-state index in [0.717, 1.165) is 26.4 Å². The molecule has 2 aromatic heterocycles. The molecule has 142 valence electrons. The number of para-hydroxylation sites is 1. The summed E-state index contributed by atoms with van der Waals surface area (Å²) < 4.78 is 0. The largest absolute Gasteiger partial charge is 0.325 e. The highest BCUT2D eigenvalue weighted by Crippen LogP contribution is 2.30. The van der Waals surface area contributed by atoms with E-state index >= 15 is 0 Å². The second-order valence-corrected chi connectivity index (χ2v) is 8.13. The van der Waals surface area contributed by atoms with Gasteiger partial charge in [0.25, 0.3) is 0 Å². The number of carbonyl (C=O) groups excluding carboxylic acids is 1. The summed E-state index contributed by atoms with van der Waals surface area (Å²) in [4.78, 5) is 22.8. The highest BCUT2D eigenvalue weighted by molar-refractivity contribution is 8.00. The average molecular weight is 417 g/mol. The number of fused-ring (bicyclic) bond motifs is 1. The van der Waals surface area contributed by atoms with Crippen molar-refractivity contribution in [2.45, 2.75) is 11.4 Å². The van der Waals surface area contributed by atoms with Crippen molar-refractivity contribution < 1.29 is 4.79 Å². The lowest BCUT2D eigenvalue weighted by molar-refractivity contribution is -0.113. The Bertz CT molecular complexity index is 1180. The number of hydrogen-bond acceptors (Lipinski definition) is 6. The van der Waals surface area contributed by atoms with Crippen LogP contribution in [-0.2, 0) is 11.2 Å². The van der Waals surface area contributed by atoms with E-state index in [1.54, 1.807) is 11.3 Å². The number of hydrogen-bond donors (Lipinski definition) is 1. The van der Waals surface area contributed by atoms with Crippen LogP contribution in [0.4, 0.5) is 5.69 Å². The van der Waals surface area contributed by atoms with Crippen LogP contribution in [0.15, 0.2) is 71.1 Å². The summed E-state index contributed by atoms with van der Waals surface area (Å²) in [5, 5.41) is 15.3. The fourth-order valence-electron chi connectivity index (χ4n) is 2.80. The average Bonchev–Trinajstić information content (AvgIpc) is 3.28. The molecule has 1 amide bonds. The van der Waals surface area contributed by atoms with Gasteiger partial charge in [-0.2, -0.15) is 5.26 Å². The molecule has 2 aromatic carbocycles. The molecule has 0 aliphatic rings. The van der Waals surface area contributed by atoms with E-state index in [-0.39, 0.29) is 11.7 Å². The molecule has 0 atom stereocenters. The topological polar surface area (TPSA) is 78.7 Å². The molecule has 0 saturated heterocycles. The second-order valence-electron chi connectivity index (χ2n) is 6.22. The summed E-state index contributed by atoms with van der Waals surface area (Å²) >= 11 is 2.99. The van der Waals surface area contributed by atoms with E-state index in [4.69, 9.17) is 10.2 Å². The number of rotatable bonds is 6. The van der Waals surface area contributed by atoms with Crippen LogP contribution in [-0.4, -0.2) is 21.6 Å². The first-order valence-corrected chi connectivity index (χ1v) is 10.8. The van der Waals surface area contributed by atoms with Crippen LogP contribution < -0.4 is 5.32 Å². The van der Waals surface area contributed by atoms with Crippen LogP contribution in [0, 0.1) is 11.3 Å². The summed E-state index contributed by atoms with van der Waals surface area (Å²) in [7, 11) is 0. The molecule has 0 aliphatic heterocycles. The van der Waals surface area contributed by atoms with Gasteiger partial charge in [0.2, 0.25) is 5.91 Å². The van der Waals surface area contributed by atoms with Gasteiger partial charge in [0.15, 0.2) is 5.82 Å². The summed E-state index contributed by atoms with van der Waals surface area (Å²) in [6.45, 7) is 0. The van der Waals surface area contributed by atoms with Gasteiger partial charge < -0.3 is 5.32 Å². The Morgan fingerprint density at radius 3 is 2.66 bits per heavy atom. The third-order valence-corrected chi connectivity index (χ3v) is 6.03. The molecular formula is C22H16N4OS2. The van der Waals surface area contributed by atoms with Gasteiger partial charge in [-0.1, -0.05) is 48.2 Å². The SMILES string of the molecule is N#CCc1ccc(NC(=O)CSc2nc(-c3cccs3)nc3ccccc23)cc1. The molecule has 4 aromatic rings. The molecular weight excluding hydrogens is 400 g/mol. The van der Waals surface area contributed by atoms with E-state index in [2.05, 4.69) is 16.4 Å². The molecule has 0 radical (unpaired) electrons. The Balaban J connectivity index is 1.50. The summed E-state index contributed by atoms with van der Waals surface area (Å²) in [6.07, 6.45) is 0.359. The molecule has 0 unspecified atom stereocenters. The Labute approximate surface area is 176 Å². The molecule has 0 saturated carbocycles. The van der Waals surface area contributed by atoms with Crippen molar-refractivity contribution in [2.24, 2.45) is 0 Å². The molecule has 5 nitrogen and oxygen atoms in total. The van der Waals surface area contributed by atoms with Gasteiger partial charge in [0.1, 0.15) is 5.03 Å². The van der Waals surface area contributed by atoms with E-state index < -0.39 is 0 Å². The molecule has 0 bridgehead atoms. The fraction of sp³-hybridized carbons (Fsp3) is 0.0909. The number of amides is 1. The molecule has 4 rings (SSSR count). The third kappa shape index (κ3) is 4.62. The Morgan fingerprint density at radius 1 is 1.07 bits per heavy atom. The Hall–Kier alpha value is -3.21. The maximum Gasteiger partial charge on any atom is 0.234 e. The van der Waals surface area contributed by atoms with Crippen molar-refractivity contribution >= 4 is 45.6 Å². The standard InChI is InChI=1S/C22H16N4OS2/c23-12-11-15-7-9-16(10-8-15)24-20(27)14-29-22-17-4-1-2-5-18(17)25-21(26-22)19-6-3-13-28-19/h1-10,13H,11,14H2,(H,24,27). The fourth-order valence-corrected chi connectivity index (χ4v) is 4.28.